The third-order valence-corrected chi connectivity index (χ3v) is 6.27. The number of hydrogen-bond acceptors (Lipinski definition) is 5. The summed E-state index contributed by atoms with van der Waals surface area (Å²) in [4.78, 5) is 14.1. The predicted octanol–water partition coefficient (Wildman–Crippen LogP) is 4.73. The summed E-state index contributed by atoms with van der Waals surface area (Å²) in [6, 6.07) is 18.4. The molecule has 0 radical (unpaired) electrons. The summed E-state index contributed by atoms with van der Waals surface area (Å²) >= 11 is 7.15. The lowest BCUT2D eigenvalue weighted by Crippen LogP contribution is -2.42. The van der Waals surface area contributed by atoms with Crippen LogP contribution in [0.3, 0.4) is 0 Å². The van der Waals surface area contributed by atoms with Crippen LogP contribution < -0.4 is 10.2 Å². The highest BCUT2D eigenvalue weighted by atomic mass is 79.9. The van der Waals surface area contributed by atoms with Gasteiger partial charge in [-0.2, -0.15) is 5.10 Å². The Kier molecular flexibility index (Phi) is 7.91. The monoisotopic (exact) mass is 559 g/mol. The number of carbonyl (C=O) groups is 1. The van der Waals surface area contributed by atoms with Crippen LogP contribution in [0.4, 0.5) is 0 Å². The van der Waals surface area contributed by atoms with E-state index in [-0.39, 0.29) is 5.91 Å². The van der Waals surface area contributed by atoms with Gasteiger partial charge in [0.25, 0.3) is 5.91 Å². The minimum Gasteiger partial charge on any atom is -0.487 e. The summed E-state index contributed by atoms with van der Waals surface area (Å²) in [7, 11) is 0. The van der Waals surface area contributed by atoms with Gasteiger partial charge in [-0.25, -0.2) is 5.43 Å². The zero-order chi connectivity index (χ0) is 22.3. The number of nitrogens with one attached hydrogen (secondary N) is 1. The molecule has 0 atom stereocenters. The van der Waals surface area contributed by atoms with E-state index in [9.17, 15) is 4.79 Å². The smallest absolute Gasteiger partial charge is 0.254 e. The van der Waals surface area contributed by atoms with Gasteiger partial charge in [0.2, 0.25) is 0 Å². The van der Waals surface area contributed by atoms with Gasteiger partial charge in [0.15, 0.2) is 0 Å². The van der Waals surface area contributed by atoms with E-state index in [1.165, 1.54) is 10.8 Å². The molecule has 32 heavy (non-hydrogen) atoms. The summed E-state index contributed by atoms with van der Waals surface area (Å²) in [5.74, 6) is 0.572. The maximum atomic E-state index is 12.0. The Morgan fingerprint density at radius 2 is 1.78 bits per heavy atom. The summed E-state index contributed by atoms with van der Waals surface area (Å²) in [6.07, 6.45) is 1.61. The summed E-state index contributed by atoms with van der Waals surface area (Å²) < 4.78 is 13.0. The molecule has 0 unspecified atom stereocenters. The van der Waals surface area contributed by atoms with Crippen molar-refractivity contribution in [2.75, 3.05) is 32.8 Å². The minimum absolute atomic E-state index is 0.142. The zero-order valence-corrected chi connectivity index (χ0v) is 20.6. The second kappa shape index (κ2) is 11.0. The van der Waals surface area contributed by atoms with Crippen molar-refractivity contribution < 1.29 is 14.3 Å². The fraction of sp³-hybridized carbons (Fsp3) is 0.250. The Labute approximate surface area is 203 Å². The molecule has 0 saturated carbocycles. The number of fused-ring (bicyclic) bond motifs is 1. The summed E-state index contributed by atoms with van der Waals surface area (Å²) in [6.45, 7) is 3.61. The van der Waals surface area contributed by atoms with Crippen LogP contribution in [0.2, 0.25) is 0 Å². The number of hydrogen-bond donors (Lipinski definition) is 1. The van der Waals surface area contributed by atoms with Crippen LogP contribution in [0.15, 0.2) is 68.6 Å². The van der Waals surface area contributed by atoms with E-state index in [0.717, 1.165) is 33.2 Å². The predicted molar refractivity (Wildman–Crippen MR) is 133 cm³/mol. The molecule has 166 valence electrons. The standard InChI is InChI=1S/C24H23Br2N3O3/c25-21-12-18(14-27-28-23(30)15-29-7-9-31-10-8-29)13-22(26)24(21)32-16-17-5-6-19-3-1-2-4-20(19)11-17/h1-6,11-14H,7-10,15-16H2,(H,28,30)/b27-14+. The van der Waals surface area contributed by atoms with Gasteiger partial charge in [-0.05, 0) is 72.0 Å². The van der Waals surface area contributed by atoms with Gasteiger partial charge in [0.05, 0.1) is 34.9 Å². The molecule has 1 aliphatic rings. The Bertz CT molecular complexity index is 1110. The maximum Gasteiger partial charge on any atom is 0.254 e. The lowest BCUT2D eigenvalue weighted by Gasteiger charge is -2.25. The summed E-state index contributed by atoms with van der Waals surface area (Å²) in [5.41, 5.74) is 4.50. The van der Waals surface area contributed by atoms with Crippen molar-refractivity contribution in [3.63, 3.8) is 0 Å². The molecule has 1 amide bonds. The first-order valence-corrected chi connectivity index (χ1v) is 11.9. The highest BCUT2D eigenvalue weighted by molar-refractivity contribution is 9.11. The molecule has 4 rings (SSSR count). The number of hydrazone groups is 1. The average molecular weight is 561 g/mol. The quantitative estimate of drug-likeness (QED) is 0.335. The molecule has 3 aromatic rings. The SMILES string of the molecule is O=C(CN1CCOCC1)N/N=C/c1cc(Br)c(OCc2ccc3ccccc3c2)c(Br)c1. The Balaban J connectivity index is 1.34. The van der Waals surface area contributed by atoms with Crippen molar-refractivity contribution in [2.24, 2.45) is 5.10 Å². The first-order chi connectivity index (χ1) is 15.6. The number of morpholine rings is 1. The molecular formula is C24H23Br2N3O3. The fourth-order valence-electron chi connectivity index (χ4n) is 3.45. The van der Waals surface area contributed by atoms with Crippen molar-refractivity contribution in [3.8, 4) is 5.75 Å². The molecule has 0 aromatic heterocycles. The second-order valence-electron chi connectivity index (χ2n) is 7.47. The van der Waals surface area contributed by atoms with E-state index < -0.39 is 0 Å². The van der Waals surface area contributed by atoms with E-state index in [1.807, 2.05) is 29.2 Å². The van der Waals surface area contributed by atoms with E-state index in [0.29, 0.717) is 32.1 Å². The zero-order valence-electron chi connectivity index (χ0n) is 17.4. The van der Waals surface area contributed by atoms with Crippen molar-refractivity contribution in [2.45, 2.75) is 6.61 Å². The van der Waals surface area contributed by atoms with E-state index >= 15 is 0 Å². The van der Waals surface area contributed by atoms with Crippen LogP contribution in [0.5, 0.6) is 5.75 Å². The number of benzene rings is 3. The molecule has 1 heterocycles. The number of nitrogens with zero attached hydrogens (tertiary/aromatic N) is 2. The highest BCUT2D eigenvalue weighted by Gasteiger charge is 2.13. The van der Waals surface area contributed by atoms with Crippen LogP contribution >= 0.6 is 31.9 Å². The van der Waals surface area contributed by atoms with E-state index in [2.05, 4.69) is 72.7 Å². The molecule has 1 fully saturated rings. The number of ether oxygens (including phenoxy) is 2. The highest BCUT2D eigenvalue weighted by Crippen LogP contribution is 2.35. The van der Waals surface area contributed by atoms with Gasteiger partial charge in [0, 0.05) is 13.1 Å². The Hall–Kier alpha value is -2.26. The third kappa shape index (κ3) is 6.16. The van der Waals surface area contributed by atoms with Gasteiger partial charge in [0.1, 0.15) is 12.4 Å². The van der Waals surface area contributed by atoms with Crippen LogP contribution in [0.25, 0.3) is 10.8 Å². The van der Waals surface area contributed by atoms with E-state index in [1.54, 1.807) is 6.21 Å². The lowest BCUT2D eigenvalue weighted by atomic mass is 10.1. The molecular weight excluding hydrogens is 538 g/mol. The summed E-state index contributed by atoms with van der Waals surface area (Å²) in [5, 5.41) is 6.47. The number of amides is 1. The molecule has 0 bridgehead atoms. The van der Waals surface area contributed by atoms with Gasteiger partial charge >= 0.3 is 0 Å². The molecule has 1 aliphatic heterocycles. The first kappa shape index (κ1) is 22.9. The molecule has 1 saturated heterocycles. The molecule has 8 heteroatoms. The molecule has 0 aliphatic carbocycles. The first-order valence-electron chi connectivity index (χ1n) is 10.3. The van der Waals surface area contributed by atoms with Crippen LogP contribution in [-0.2, 0) is 16.1 Å². The van der Waals surface area contributed by atoms with Gasteiger partial charge in [-0.3, -0.25) is 9.69 Å². The largest absolute Gasteiger partial charge is 0.487 e. The van der Waals surface area contributed by atoms with Crippen LogP contribution in [0, 0.1) is 0 Å². The average Bonchev–Trinajstić information content (AvgIpc) is 2.79. The minimum atomic E-state index is -0.142. The molecule has 0 spiro atoms. The topological polar surface area (TPSA) is 63.2 Å². The Morgan fingerprint density at radius 3 is 2.53 bits per heavy atom. The van der Waals surface area contributed by atoms with Crippen molar-refractivity contribution in [1.82, 2.24) is 10.3 Å². The molecule has 3 aromatic carbocycles. The second-order valence-corrected chi connectivity index (χ2v) is 9.17. The van der Waals surface area contributed by atoms with Crippen molar-refractivity contribution >= 4 is 54.8 Å². The Morgan fingerprint density at radius 1 is 1.06 bits per heavy atom. The van der Waals surface area contributed by atoms with Gasteiger partial charge in [-0.1, -0.05) is 36.4 Å². The maximum absolute atomic E-state index is 12.0. The van der Waals surface area contributed by atoms with Crippen molar-refractivity contribution in [1.29, 1.82) is 0 Å². The molecule has 1 N–H and O–H groups in total. The number of rotatable bonds is 7. The number of halogens is 2. The third-order valence-electron chi connectivity index (χ3n) is 5.09. The van der Waals surface area contributed by atoms with Crippen LogP contribution in [-0.4, -0.2) is 49.9 Å². The van der Waals surface area contributed by atoms with Gasteiger partial charge < -0.3 is 9.47 Å². The van der Waals surface area contributed by atoms with Crippen molar-refractivity contribution in [3.05, 3.63) is 74.7 Å². The van der Waals surface area contributed by atoms with Crippen LogP contribution in [0.1, 0.15) is 11.1 Å². The normalized spacial score (nSPS) is 14.7. The lowest BCUT2D eigenvalue weighted by molar-refractivity contribution is -0.123. The molecule has 6 nitrogen and oxygen atoms in total. The van der Waals surface area contributed by atoms with Gasteiger partial charge in [-0.15, -0.1) is 0 Å². The van der Waals surface area contributed by atoms with E-state index in [4.69, 9.17) is 9.47 Å². The fourth-order valence-corrected chi connectivity index (χ4v) is 4.90. The number of carbonyl (C=O) groups excluding carboxylic acids is 1.